The second-order valence-corrected chi connectivity index (χ2v) is 5.02. The predicted molar refractivity (Wildman–Crippen MR) is 71.7 cm³/mol. The second-order valence-electron chi connectivity index (χ2n) is 5.02. The van der Waals surface area contributed by atoms with Gasteiger partial charge in [-0.1, -0.05) is 0 Å². The van der Waals surface area contributed by atoms with E-state index in [2.05, 4.69) is 4.74 Å². The Morgan fingerprint density at radius 2 is 2.11 bits per heavy atom. The van der Waals surface area contributed by atoms with Crippen molar-refractivity contribution in [1.82, 2.24) is 4.90 Å². The van der Waals surface area contributed by atoms with Gasteiger partial charge in [0.1, 0.15) is 0 Å². The van der Waals surface area contributed by atoms with Gasteiger partial charge in [-0.25, -0.2) is 0 Å². The van der Waals surface area contributed by atoms with Crippen molar-refractivity contribution in [2.75, 3.05) is 27.3 Å². The maximum Gasteiger partial charge on any atom is 0.305 e. The number of methoxy groups -OCH3 is 1. The fourth-order valence-corrected chi connectivity index (χ4v) is 2.20. The average molecular weight is 271 g/mol. The van der Waals surface area contributed by atoms with Gasteiger partial charge in [0.05, 0.1) is 13.2 Å². The summed E-state index contributed by atoms with van der Waals surface area (Å²) < 4.78 is 10.2. The van der Waals surface area contributed by atoms with Gasteiger partial charge in [-0.2, -0.15) is 0 Å². The summed E-state index contributed by atoms with van der Waals surface area (Å²) in [6, 6.07) is 0. The van der Waals surface area contributed by atoms with E-state index < -0.39 is 0 Å². The van der Waals surface area contributed by atoms with E-state index in [0.717, 1.165) is 25.9 Å². The predicted octanol–water partition coefficient (Wildman–Crippen LogP) is 1.75. The number of carbonyl (C=O) groups is 2. The SMILES string of the molecule is COC(=O)CCCN(C)C(=O)CCC1CCCCO1. The van der Waals surface area contributed by atoms with E-state index in [4.69, 9.17) is 4.74 Å². The van der Waals surface area contributed by atoms with Crippen LogP contribution in [0.2, 0.25) is 0 Å². The van der Waals surface area contributed by atoms with Gasteiger partial charge in [0, 0.05) is 33.0 Å². The highest BCUT2D eigenvalue weighted by molar-refractivity contribution is 5.76. The summed E-state index contributed by atoms with van der Waals surface area (Å²) >= 11 is 0. The third-order valence-corrected chi connectivity index (χ3v) is 3.48. The molecule has 110 valence electrons. The van der Waals surface area contributed by atoms with Gasteiger partial charge < -0.3 is 14.4 Å². The van der Waals surface area contributed by atoms with Gasteiger partial charge in [-0.05, 0) is 32.1 Å². The Balaban J connectivity index is 2.11. The Morgan fingerprint density at radius 1 is 1.32 bits per heavy atom. The Bertz CT molecular complexity index is 287. The molecule has 1 fully saturated rings. The van der Waals surface area contributed by atoms with E-state index >= 15 is 0 Å². The van der Waals surface area contributed by atoms with Gasteiger partial charge in [-0.3, -0.25) is 9.59 Å². The van der Waals surface area contributed by atoms with Crippen LogP contribution in [-0.4, -0.2) is 50.2 Å². The lowest BCUT2D eigenvalue weighted by molar-refractivity contribution is -0.141. The molecule has 0 saturated carbocycles. The minimum Gasteiger partial charge on any atom is -0.469 e. The molecule has 19 heavy (non-hydrogen) atoms. The van der Waals surface area contributed by atoms with Crippen LogP contribution in [-0.2, 0) is 19.1 Å². The lowest BCUT2D eigenvalue weighted by Gasteiger charge is -2.23. The average Bonchev–Trinajstić information content (AvgIpc) is 2.45. The number of hydrogen-bond acceptors (Lipinski definition) is 4. The van der Waals surface area contributed by atoms with Crippen molar-refractivity contribution < 1.29 is 19.1 Å². The molecule has 1 aliphatic rings. The molecule has 0 spiro atoms. The monoisotopic (exact) mass is 271 g/mol. The second kappa shape index (κ2) is 8.91. The Kier molecular flexibility index (Phi) is 7.48. The van der Waals surface area contributed by atoms with E-state index in [-0.39, 0.29) is 18.0 Å². The van der Waals surface area contributed by atoms with Crippen molar-refractivity contribution >= 4 is 11.9 Å². The van der Waals surface area contributed by atoms with Crippen molar-refractivity contribution in [2.45, 2.75) is 51.0 Å². The zero-order chi connectivity index (χ0) is 14.1. The summed E-state index contributed by atoms with van der Waals surface area (Å²) in [7, 11) is 3.16. The van der Waals surface area contributed by atoms with Crippen LogP contribution in [0.1, 0.15) is 44.9 Å². The first-order valence-corrected chi connectivity index (χ1v) is 7.06. The van der Waals surface area contributed by atoms with Gasteiger partial charge in [0.25, 0.3) is 0 Å². The van der Waals surface area contributed by atoms with Crippen LogP contribution in [0.3, 0.4) is 0 Å². The number of hydrogen-bond donors (Lipinski definition) is 0. The molecule has 0 radical (unpaired) electrons. The Hall–Kier alpha value is -1.10. The number of ether oxygens (including phenoxy) is 2. The summed E-state index contributed by atoms with van der Waals surface area (Å²) in [6.07, 6.45) is 6.00. The van der Waals surface area contributed by atoms with Crippen LogP contribution in [0.5, 0.6) is 0 Å². The topological polar surface area (TPSA) is 55.8 Å². The minimum absolute atomic E-state index is 0.124. The summed E-state index contributed by atoms with van der Waals surface area (Å²) in [5.41, 5.74) is 0. The summed E-state index contributed by atoms with van der Waals surface area (Å²) in [6.45, 7) is 1.42. The minimum atomic E-state index is -0.226. The molecule has 1 unspecified atom stereocenters. The van der Waals surface area contributed by atoms with Gasteiger partial charge in [-0.15, -0.1) is 0 Å². The highest BCUT2D eigenvalue weighted by Gasteiger charge is 2.17. The molecule has 1 aliphatic heterocycles. The van der Waals surface area contributed by atoms with Crippen molar-refractivity contribution in [1.29, 1.82) is 0 Å². The molecule has 0 aromatic carbocycles. The molecule has 0 bridgehead atoms. The van der Waals surface area contributed by atoms with Gasteiger partial charge in [0.15, 0.2) is 0 Å². The van der Waals surface area contributed by atoms with Crippen LogP contribution in [0.15, 0.2) is 0 Å². The molecule has 1 heterocycles. The highest BCUT2D eigenvalue weighted by Crippen LogP contribution is 2.17. The molecule has 0 aromatic rings. The summed E-state index contributed by atoms with van der Waals surface area (Å²) in [5.74, 6) is -0.101. The van der Waals surface area contributed by atoms with E-state index in [0.29, 0.717) is 25.8 Å². The quantitative estimate of drug-likeness (QED) is 0.662. The Morgan fingerprint density at radius 3 is 2.74 bits per heavy atom. The first kappa shape index (κ1) is 16.0. The van der Waals surface area contributed by atoms with Gasteiger partial charge in [0.2, 0.25) is 5.91 Å². The molecular weight excluding hydrogens is 246 g/mol. The number of rotatable bonds is 7. The van der Waals surface area contributed by atoms with Crippen molar-refractivity contribution in [2.24, 2.45) is 0 Å². The fraction of sp³-hybridized carbons (Fsp3) is 0.857. The molecule has 1 atom stereocenters. The van der Waals surface area contributed by atoms with Crippen LogP contribution < -0.4 is 0 Å². The molecule has 1 saturated heterocycles. The molecule has 5 nitrogen and oxygen atoms in total. The molecule has 0 N–H and O–H groups in total. The molecule has 5 heteroatoms. The van der Waals surface area contributed by atoms with E-state index in [1.807, 2.05) is 0 Å². The molecular formula is C14H25NO4. The first-order valence-electron chi connectivity index (χ1n) is 7.06. The molecule has 0 aliphatic carbocycles. The third kappa shape index (κ3) is 6.57. The van der Waals surface area contributed by atoms with Crippen LogP contribution in [0, 0.1) is 0 Å². The lowest BCUT2D eigenvalue weighted by atomic mass is 10.0. The van der Waals surface area contributed by atoms with Crippen molar-refractivity contribution in [3.8, 4) is 0 Å². The zero-order valence-corrected chi connectivity index (χ0v) is 12.0. The molecule has 0 aromatic heterocycles. The van der Waals surface area contributed by atoms with Crippen LogP contribution >= 0.6 is 0 Å². The summed E-state index contributed by atoms with van der Waals surface area (Å²) in [5, 5.41) is 0. The first-order chi connectivity index (χ1) is 9.13. The summed E-state index contributed by atoms with van der Waals surface area (Å²) in [4.78, 5) is 24.5. The van der Waals surface area contributed by atoms with E-state index in [9.17, 15) is 9.59 Å². The zero-order valence-electron chi connectivity index (χ0n) is 12.0. The number of esters is 1. The highest BCUT2D eigenvalue weighted by atomic mass is 16.5. The van der Waals surface area contributed by atoms with Crippen LogP contribution in [0.25, 0.3) is 0 Å². The molecule has 1 amide bonds. The third-order valence-electron chi connectivity index (χ3n) is 3.48. The van der Waals surface area contributed by atoms with E-state index in [1.54, 1.807) is 11.9 Å². The lowest BCUT2D eigenvalue weighted by Crippen LogP contribution is -2.29. The maximum atomic E-state index is 11.9. The van der Waals surface area contributed by atoms with Gasteiger partial charge >= 0.3 is 5.97 Å². The number of amides is 1. The number of carbonyl (C=O) groups excluding carboxylic acids is 2. The van der Waals surface area contributed by atoms with Crippen molar-refractivity contribution in [3.05, 3.63) is 0 Å². The van der Waals surface area contributed by atoms with E-state index in [1.165, 1.54) is 13.5 Å². The van der Waals surface area contributed by atoms with Crippen molar-refractivity contribution in [3.63, 3.8) is 0 Å². The number of nitrogens with zero attached hydrogens (tertiary/aromatic N) is 1. The Labute approximate surface area is 115 Å². The standard InChI is InChI=1S/C14H25NO4/c1-15(10-5-7-14(17)18-2)13(16)9-8-12-6-3-4-11-19-12/h12H,3-11H2,1-2H3. The smallest absolute Gasteiger partial charge is 0.305 e. The fourth-order valence-electron chi connectivity index (χ4n) is 2.20. The van der Waals surface area contributed by atoms with Crippen LogP contribution in [0.4, 0.5) is 0 Å². The maximum absolute atomic E-state index is 11.9. The normalized spacial score (nSPS) is 18.9. The molecule has 1 rings (SSSR count). The largest absolute Gasteiger partial charge is 0.469 e.